The van der Waals surface area contributed by atoms with Crippen LogP contribution < -0.4 is 6.54 Å². The summed E-state index contributed by atoms with van der Waals surface area (Å²) < 4.78 is 2.86. The Morgan fingerprint density at radius 1 is 1.11 bits per heavy atom. The molecule has 6 heteroatoms. The number of thiol groups is 1. The van der Waals surface area contributed by atoms with Crippen molar-refractivity contribution in [2.24, 2.45) is 4.99 Å². The fraction of sp³-hybridized carbons (Fsp3) is 0.0952. The quantitative estimate of drug-likeness (QED) is 0.444. The van der Waals surface area contributed by atoms with Crippen molar-refractivity contribution in [3.05, 3.63) is 81.0 Å². The van der Waals surface area contributed by atoms with Gasteiger partial charge in [0.1, 0.15) is 0 Å². The van der Waals surface area contributed by atoms with Crippen LogP contribution in [0.1, 0.15) is 28.2 Å². The van der Waals surface area contributed by atoms with Gasteiger partial charge in [0.25, 0.3) is 0 Å². The van der Waals surface area contributed by atoms with Crippen molar-refractivity contribution in [2.45, 2.75) is 12.3 Å². The molecule has 1 aliphatic heterocycles. The first kappa shape index (κ1) is 18.6. The average molecular weight is 555 g/mol. The molecule has 0 aromatic heterocycles. The van der Waals surface area contributed by atoms with E-state index in [9.17, 15) is 0 Å². The van der Waals surface area contributed by atoms with Crippen LogP contribution in [0.15, 0.2) is 63.7 Å². The third kappa shape index (κ3) is 2.79. The van der Waals surface area contributed by atoms with E-state index < -0.39 is 14.9 Å². The van der Waals surface area contributed by atoms with Crippen LogP contribution >= 0.6 is 42.3 Å². The molecule has 2 aromatic carbocycles. The molecule has 0 N–H and O–H groups in total. The van der Waals surface area contributed by atoms with Gasteiger partial charge >= 0.3 is 180 Å². The summed E-state index contributed by atoms with van der Waals surface area (Å²) in [5.74, 6) is 0.158. The fourth-order valence-corrected chi connectivity index (χ4v) is 22.4. The number of nitrogens with zero attached hydrogens (tertiary/aromatic N) is 1. The van der Waals surface area contributed by atoms with Crippen molar-refractivity contribution in [2.75, 3.05) is 0 Å². The Kier molecular flexibility index (Phi) is 4.36. The van der Waals surface area contributed by atoms with Gasteiger partial charge in [0.05, 0.1) is 0 Å². The van der Waals surface area contributed by atoms with Crippen LogP contribution in [0.25, 0.3) is 12.2 Å². The van der Waals surface area contributed by atoms with E-state index in [1.165, 1.54) is 16.7 Å². The van der Waals surface area contributed by atoms with Gasteiger partial charge in [-0.15, -0.1) is 0 Å². The molecule has 0 amide bonds. The second kappa shape index (κ2) is 6.31. The van der Waals surface area contributed by atoms with Crippen molar-refractivity contribution < 1.29 is 14.9 Å². The Morgan fingerprint density at radius 3 is 2.81 bits per heavy atom. The molecule has 135 valence electrons. The molecule has 1 atom stereocenters. The Bertz CT molecular complexity index is 1120. The summed E-state index contributed by atoms with van der Waals surface area (Å²) in [5, 5.41) is 0. The number of hydrogen-bond donors (Lipinski definition) is 1. The normalized spacial score (nSPS) is 20.7. The van der Waals surface area contributed by atoms with Crippen molar-refractivity contribution in [1.29, 1.82) is 0 Å². The number of rotatable bonds is 2. The van der Waals surface area contributed by atoms with Crippen LogP contribution in [0.5, 0.6) is 0 Å². The summed E-state index contributed by atoms with van der Waals surface area (Å²) >= 11 is -1.11. The molecule has 5 rings (SSSR count). The predicted molar refractivity (Wildman–Crippen MR) is 122 cm³/mol. The molecule has 1 nitrogen and oxygen atoms in total. The van der Waals surface area contributed by atoms with Crippen molar-refractivity contribution >= 4 is 67.3 Å². The van der Waals surface area contributed by atoms with Crippen molar-refractivity contribution in [3.8, 4) is 0 Å². The molecule has 27 heavy (non-hydrogen) atoms. The van der Waals surface area contributed by atoms with E-state index >= 15 is 0 Å². The zero-order valence-electron chi connectivity index (χ0n) is 14.2. The predicted octanol–water partition coefficient (Wildman–Crippen LogP) is 5.89. The van der Waals surface area contributed by atoms with E-state index in [4.69, 9.17) is 26.4 Å². The molecule has 0 radical (unpaired) electrons. The molecule has 3 aliphatic rings. The number of benzene rings is 2. The molecule has 2 aromatic rings. The molecule has 1 heterocycles. The van der Waals surface area contributed by atoms with E-state index in [0.29, 0.717) is 0 Å². The average Bonchev–Trinajstić information content (AvgIpc) is 3.24. The first-order valence-corrected chi connectivity index (χ1v) is 22.0. The monoisotopic (exact) mass is 552 g/mol. The summed E-state index contributed by atoms with van der Waals surface area (Å²) in [4.78, 5) is 4.32. The van der Waals surface area contributed by atoms with E-state index in [1.54, 1.807) is 0 Å². The van der Waals surface area contributed by atoms with Gasteiger partial charge in [0.2, 0.25) is 0 Å². The Labute approximate surface area is 178 Å². The molecule has 0 saturated heterocycles. The minimum atomic E-state index is -4.85. The van der Waals surface area contributed by atoms with Gasteiger partial charge in [0, 0.05) is 0 Å². The minimum absolute atomic E-state index is 0.158. The summed E-state index contributed by atoms with van der Waals surface area (Å²) in [6, 6.07) is 10.4. The van der Waals surface area contributed by atoms with Gasteiger partial charge in [-0.2, -0.15) is 0 Å². The maximum absolute atomic E-state index is 7.41. The summed E-state index contributed by atoms with van der Waals surface area (Å²) in [6.07, 6.45) is 13.2. The number of halogens is 3. The second-order valence-electron chi connectivity index (χ2n) is 7.11. The van der Waals surface area contributed by atoms with Crippen LogP contribution in [0.3, 0.4) is 0 Å². The van der Waals surface area contributed by atoms with Crippen molar-refractivity contribution in [3.63, 3.8) is 0 Å². The van der Waals surface area contributed by atoms with Crippen LogP contribution in [0, 0.1) is 0 Å². The van der Waals surface area contributed by atoms with E-state index in [2.05, 4.69) is 63.4 Å². The van der Waals surface area contributed by atoms with Gasteiger partial charge in [0.15, 0.2) is 0 Å². The topological polar surface area (TPSA) is 12.4 Å². The molecule has 0 fully saturated rings. The SMILES string of the molecule is [SH][Zr]([Cl])([Cl])([c]1cccc2c1C=CC2)[c]1c(Br)ccc2c1C=C1C=CN=CC12. The maximum atomic E-state index is 7.41. The van der Waals surface area contributed by atoms with Gasteiger partial charge in [-0.3, -0.25) is 0 Å². The standard InChI is InChI=1S/C12H7BrN.C9H7.2ClH.H2S.Zr/c13-10-1-2-11-9(6-10)5-8-3-4-14-7-12(8)11;1-2-5-9-7-3-6-8(9)4-1;;;;/h1-5,7,12H;1-4,7H,6H2;2*1H;1H2;/q;;;;;+3/p-3. The molecule has 0 spiro atoms. The Hall–Kier alpha value is -0.377. The molecular weight excluding hydrogens is 540 g/mol. The van der Waals surface area contributed by atoms with Gasteiger partial charge in [-0.25, -0.2) is 0 Å². The van der Waals surface area contributed by atoms with Gasteiger partial charge in [-0.05, 0) is 0 Å². The van der Waals surface area contributed by atoms with Gasteiger partial charge in [-0.1, -0.05) is 0 Å². The summed E-state index contributed by atoms with van der Waals surface area (Å²) in [6.45, 7) is 0. The fourth-order valence-electron chi connectivity index (χ4n) is 4.29. The molecule has 1 unspecified atom stereocenters. The van der Waals surface area contributed by atoms with Crippen LogP contribution in [-0.4, -0.2) is 6.21 Å². The molecule has 2 aliphatic carbocycles. The van der Waals surface area contributed by atoms with Crippen LogP contribution in [-0.2, 0) is 21.4 Å². The van der Waals surface area contributed by atoms with Crippen LogP contribution in [0.2, 0.25) is 0 Å². The van der Waals surface area contributed by atoms with E-state index in [1.807, 2.05) is 24.5 Å². The van der Waals surface area contributed by atoms with E-state index in [-0.39, 0.29) is 5.92 Å². The van der Waals surface area contributed by atoms with Gasteiger partial charge < -0.3 is 0 Å². The van der Waals surface area contributed by atoms with E-state index in [0.717, 1.165) is 28.6 Å². The third-order valence-corrected chi connectivity index (χ3v) is 21.2. The Morgan fingerprint density at radius 2 is 1.96 bits per heavy atom. The Balaban J connectivity index is 1.81. The number of fused-ring (bicyclic) bond motifs is 4. The van der Waals surface area contributed by atoms with Crippen molar-refractivity contribution in [1.82, 2.24) is 0 Å². The third-order valence-electron chi connectivity index (χ3n) is 5.52. The first-order chi connectivity index (χ1) is 12.9. The zero-order chi connectivity index (χ0) is 18.8. The second-order valence-corrected chi connectivity index (χ2v) is 33.8. The summed E-state index contributed by atoms with van der Waals surface area (Å²) in [7, 11) is 19.9. The zero-order valence-corrected chi connectivity index (χ0v) is 20.6. The molecule has 0 saturated carbocycles. The number of hydrogen-bond acceptors (Lipinski definition) is 2. The number of aliphatic imine (C=N–C) groups is 1. The molecule has 0 bridgehead atoms. The molecular formula is C21H15BrCl2NSZr. The van der Waals surface area contributed by atoms with Crippen LogP contribution in [0.4, 0.5) is 0 Å². The number of allylic oxidation sites excluding steroid dienone is 3. The first-order valence-electron chi connectivity index (χ1n) is 8.71. The summed E-state index contributed by atoms with van der Waals surface area (Å²) in [5.41, 5.74) is 5.89.